The number of aromatic carboxylic acids is 1. The molecule has 0 amide bonds. The first-order valence-corrected chi connectivity index (χ1v) is 9.64. The maximum Gasteiger partial charge on any atom is 0.337 e. The molecule has 1 aliphatic carbocycles. The van der Waals surface area contributed by atoms with Crippen LogP contribution in [0.1, 0.15) is 41.1 Å². The second-order valence-corrected chi connectivity index (χ2v) is 9.17. The van der Waals surface area contributed by atoms with Crippen LogP contribution in [0, 0.1) is 5.41 Å². The predicted molar refractivity (Wildman–Crippen MR) is 103 cm³/mol. The van der Waals surface area contributed by atoms with Gasteiger partial charge in [0.1, 0.15) is 0 Å². The first-order chi connectivity index (χ1) is 11.8. The Kier molecular flexibility index (Phi) is 3.89. The zero-order chi connectivity index (χ0) is 17.8. The summed E-state index contributed by atoms with van der Waals surface area (Å²) in [5.74, 6) is -0.803. The van der Waals surface area contributed by atoms with Gasteiger partial charge in [0.15, 0.2) is 0 Å². The molecule has 0 radical (unpaired) electrons. The number of benzene rings is 1. The van der Waals surface area contributed by atoms with Crippen LogP contribution < -0.4 is 10.6 Å². The monoisotopic (exact) mass is 356 g/mol. The van der Waals surface area contributed by atoms with Gasteiger partial charge in [0, 0.05) is 34.6 Å². The molecule has 4 rings (SSSR count). The molecule has 1 fully saturated rings. The van der Waals surface area contributed by atoms with Crippen LogP contribution in [0.2, 0.25) is 0 Å². The molecular formula is C20H24N2O2S. The number of rotatable bonds is 3. The molecule has 2 aromatic rings. The van der Waals surface area contributed by atoms with E-state index in [4.69, 9.17) is 5.73 Å². The third-order valence-corrected chi connectivity index (χ3v) is 6.73. The van der Waals surface area contributed by atoms with Crippen LogP contribution in [0.25, 0.3) is 10.4 Å². The molecule has 0 bridgehead atoms. The summed E-state index contributed by atoms with van der Waals surface area (Å²) in [6.07, 6.45) is 2.95. The summed E-state index contributed by atoms with van der Waals surface area (Å²) in [5.41, 5.74) is 9.77. The summed E-state index contributed by atoms with van der Waals surface area (Å²) in [7, 11) is 0. The second kappa shape index (κ2) is 5.85. The number of carboxylic acid groups (broad SMARTS) is 1. The highest BCUT2D eigenvalue weighted by Crippen LogP contribution is 2.45. The van der Waals surface area contributed by atoms with Crippen LogP contribution in [0.15, 0.2) is 24.3 Å². The molecule has 4 nitrogen and oxygen atoms in total. The Balaban J connectivity index is 1.71. The number of fused-ring (bicyclic) bond motifs is 1. The fourth-order valence-corrected chi connectivity index (χ4v) is 5.21. The van der Waals surface area contributed by atoms with Crippen molar-refractivity contribution in [2.45, 2.75) is 39.2 Å². The van der Waals surface area contributed by atoms with E-state index in [1.54, 1.807) is 11.3 Å². The number of carbonyl (C=O) groups is 1. The summed E-state index contributed by atoms with van der Waals surface area (Å²) in [6.45, 7) is 6.24. The van der Waals surface area contributed by atoms with E-state index in [9.17, 15) is 9.90 Å². The van der Waals surface area contributed by atoms with Crippen molar-refractivity contribution < 1.29 is 9.90 Å². The van der Waals surface area contributed by atoms with E-state index < -0.39 is 5.97 Å². The van der Waals surface area contributed by atoms with Gasteiger partial charge in [-0.15, -0.1) is 11.3 Å². The average Bonchev–Trinajstić information content (AvgIpc) is 2.89. The quantitative estimate of drug-likeness (QED) is 0.878. The maximum atomic E-state index is 12.0. The molecule has 1 aromatic carbocycles. The minimum Gasteiger partial charge on any atom is -0.478 e. The largest absolute Gasteiger partial charge is 0.478 e. The molecule has 2 aliphatic rings. The lowest BCUT2D eigenvalue weighted by Crippen LogP contribution is -2.55. The molecule has 5 heteroatoms. The lowest BCUT2D eigenvalue weighted by Gasteiger charge is -2.38. The van der Waals surface area contributed by atoms with Crippen molar-refractivity contribution in [2.75, 3.05) is 18.0 Å². The van der Waals surface area contributed by atoms with Crippen molar-refractivity contribution >= 4 is 23.0 Å². The van der Waals surface area contributed by atoms with Crippen LogP contribution in [0.3, 0.4) is 0 Å². The highest BCUT2D eigenvalue weighted by atomic mass is 32.1. The predicted octanol–water partition coefficient (Wildman–Crippen LogP) is 3.78. The molecule has 3 N–H and O–H groups in total. The number of hydrogen-bond acceptors (Lipinski definition) is 4. The van der Waals surface area contributed by atoms with Crippen molar-refractivity contribution in [3.8, 4) is 10.4 Å². The minimum absolute atomic E-state index is 0.176. The molecule has 1 saturated heterocycles. The van der Waals surface area contributed by atoms with Gasteiger partial charge < -0.3 is 15.7 Å². The molecule has 0 spiro atoms. The number of hydrogen-bond donors (Lipinski definition) is 2. The summed E-state index contributed by atoms with van der Waals surface area (Å²) in [4.78, 5) is 16.4. The van der Waals surface area contributed by atoms with Crippen LogP contribution in [-0.2, 0) is 12.8 Å². The van der Waals surface area contributed by atoms with Crippen molar-refractivity contribution in [1.29, 1.82) is 0 Å². The van der Waals surface area contributed by atoms with Gasteiger partial charge in [-0.2, -0.15) is 0 Å². The molecule has 1 aromatic heterocycles. The highest BCUT2D eigenvalue weighted by Gasteiger charge is 2.33. The molecule has 0 saturated carbocycles. The van der Waals surface area contributed by atoms with Crippen molar-refractivity contribution in [3.63, 3.8) is 0 Å². The van der Waals surface area contributed by atoms with Gasteiger partial charge in [-0.3, -0.25) is 0 Å². The average molecular weight is 356 g/mol. The normalized spacial score (nSPS) is 19.4. The Morgan fingerprint density at radius 2 is 1.96 bits per heavy atom. The van der Waals surface area contributed by atoms with E-state index in [0.717, 1.165) is 54.0 Å². The summed E-state index contributed by atoms with van der Waals surface area (Å²) >= 11 is 1.66. The number of thiophene rings is 1. The van der Waals surface area contributed by atoms with Gasteiger partial charge in [-0.1, -0.05) is 26.0 Å². The Morgan fingerprint density at radius 1 is 1.28 bits per heavy atom. The highest BCUT2D eigenvalue weighted by molar-refractivity contribution is 7.16. The molecule has 0 unspecified atom stereocenters. The Labute approximate surface area is 152 Å². The number of anilines is 1. The fraction of sp³-hybridized carbons (Fsp3) is 0.450. The van der Waals surface area contributed by atoms with E-state index in [2.05, 4.69) is 30.9 Å². The van der Waals surface area contributed by atoms with Gasteiger partial charge in [-0.25, -0.2) is 4.79 Å². The Morgan fingerprint density at radius 3 is 2.56 bits per heavy atom. The smallest absolute Gasteiger partial charge is 0.337 e. The number of aryl methyl sites for hydroxylation is 1. The zero-order valence-electron chi connectivity index (χ0n) is 14.7. The van der Waals surface area contributed by atoms with Crippen molar-refractivity contribution in [2.24, 2.45) is 11.1 Å². The number of nitrogens with zero attached hydrogens (tertiary/aromatic N) is 1. The van der Waals surface area contributed by atoms with Gasteiger partial charge in [0.2, 0.25) is 0 Å². The van der Waals surface area contributed by atoms with Gasteiger partial charge in [0.25, 0.3) is 0 Å². The lowest BCUT2D eigenvalue weighted by atomic mass is 9.76. The molecule has 132 valence electrons. The second-order valence-electron chi connectivity index (χ2n) is 8.07. The molecular weight excluding hydrogens is 332 g/mol. The first kappa shape index (κ1) is 16.6. The summed E-state index contributed by atoms with van der Waals surface area (Å²) in [5, 5.41) is 9.85. The van der Waals surface area contributed by atoms with E-state index >= 15 is 0 Å². The molecule has 1 aliphatic heterocycles. The van der Waals surface area contributed by atoms with Crippen LogP contribution >= 0.6 is 11.3 Å². The first-order valence-electron chi connectivity index (χ1n) is 8.83. The summed E-state index contributed by atoms with van der Waals surface area (Å²) in [6, 6.07) is 8.53. The van der Waals surface area contributed by atoms with Gasteiger partial charge in [0.05, 0.1) is 5.56 Å². The molecule has 0 atom stereocenters. The fourth-order valence-electron chi connectivity index (χ4n) is 3.90. The molecule has 2 heterocycles. The Bertz CT molecular complexity index is 817. The lowest BCUT2D eigenvalue weighted by molar-refractivity contribution is 0.0696. The third-order valence-electron chi connectivity index (χ3n) is 5.39. The minimum atomic E-state index is -0.803. The van der Waals surface area contributed by atoms with E-state index in [-0.39, 0.29) is 11.5 Å². The van der Waals surface area contributed by atoms with Crippen LogP contribution in [0.4, 0.5) is 5.69 Å². The van der Waals surface area contributed by atoms with Gasteiger partial charge in [-0.05, 0) is 47.9 Å². The Hall–Kier alpha value is -1.85. The SMILES string of the molecule is CC1(C)CCc2sc(-c3ccc(N4CC(N)C4)cc3)c(C(=O)O)c2C1. The van der Waals surface area contributed by atoms with Crippen LogP contribution in [0.5, 0.6) is 0 Å². The van der Waals surface area contributed by atoms with Crippen molar-refractivity contribution in [3.05, 3.63) is 40.3 Å². The standard InChI is InChI=1S/C20H24N2O2S/c1-20(2)8-7-16-15(9-20)17(19(23)24)18(25-16)12-3-5-14(6-4-12)22-10-13(21)11-22/h3-6,13H,7-11,21H2,1-2H3,(H,23,24). The van der Waals surface area contributed by atoms with Crippen molar-refractivity contribution in [1.82, 2.24) is 0 Å². The number of carboxylic acids is 1. The zero-order valence-corrected chi connectivity index (χ0v) is 15.5. The third kappa shape index (κ3) is 2.96. The summed E-state index contributed by atoms with van der Waals surface area (Å²) < 4.78 is 0. The van der Waals surface area contributed by atoms with E-state index in [0.29, 0.717) is 5.56 Å². The van der Waals surface area contributed by atoms with Crippen LogP contribution in [-0.4, -0.2) is 30.2 Å². The van der Waals surface area contributed by atoms with Gasteiger partial charge >= 0.3 is 5.97 Å². The van der Waals surface area contributed by atoms with E-state index in [1.807, 2.05) is 12.1 Å². The van der Waals surface area contributed by atoms with E-state index in [1.165, 1.54) is 4.88 Å². The number of nitrogens with two attached hydrogens (primary N) is 1. The topological polar surface area (TPSA) is 66.6 Å². The molecule has 25 heavy (non-hydrogen) atoms. The maximum absolute atomic E-state index is 12.0.